The first-order chi connectivity index (χ1) is 6.29. The molecule has 0 unspecified atom stereocenters. The lowest BCUT2D eigenvalue weighted by atomic mass is 10.4. The Hall–Kier alpha value is -1.15. The number of imidazole rings is 1. The maximum absolute atomic E-state index is 8.75. The minimum Gasteiger partial charge on any atom is -0.381 e. The van der Waals surface area contributed by atoms with Gasteiger partial charge in [-0.25, -0.2) is 4.98 Å². The van der Waals surface area contributed by atoms with Crippen molar-refractivity contribution in [3.05, 3.63) is 12.0 Å². The van der Waals surface area contributed by atoms with Gasteiger partial charge in [-0.15, -0.1) is 0 Å². The molecule has 4 nitrogen and oxygen atoms in total. The van der Waals surface area contributed by atoms with Crippen molar-refractivity contribution < 1.29 is 0 Å². The first-order valence-corrected chi connectivity index (χ1v) is 5.23. The van der Waals surface area contributed by atoms with Crippen LogP contribution in [0.1, 0.15) is 12.6 Å². The number of nitrogens with zero attached hydrogens (tertiary/aromatic N) is 3. The molecule has 0 amide bonds. The molecule has 1 rings (SSSR count). The molecule has 2 N–H and O–H groups in total. The van der Waals surface area contributed by atoms with Crippen molar-refractivity contribution in [3.8, 4) is 6.07 Å². The van der Waals surface area contributed by atoms with E-state index >= 15 is 0 Å². The van der Waals surface area contributed by atoms with Crippen molar-refractivity contribution in [2.24, 2.45) is 0 Å². The fourth-order valence-corrected chi connectivity index (χ4v) is 1.61. The van der Waals surface area contributed by atoms with Gasteiger partial charge in [0, 0.05) is 12.3 Å². The fourth-order valence-electron chi connectivity index (χ4n) is 0.996. The molecule has 0 saturated heterocycles. The Bertz CT molecular complexity index is 312. The molecule has 5 heteroatoms. The molecule has 0 bridgehead atoms. The molecule has 0 atom stereocenters. The number of nitriles is 1. The van der Waals surface area contributed by atoms with Crippen molar-refractivity contribution in [2.75, 3.05) is 17.2 Å². The smallest absolute Gasteiger partial charge is 0.164 e. The lowest BCUT2D eigenvalue weighted by Gasteiger charge is -2.01. The monoisotopic (exact) mass is 196 g/mol. The van der Waals surface area contributed by atoms with Crippen LogP contribution >= 0.6 is 11.8 Å². The lowest BCUT2D eigenvalue weighted by molar-refractivity contribution is 0.760. The first kappa shape index (κ1) is 9.93. The van der Waals surface area contributed by atoms with E-state index in [-0.39, 0.29) is 0 Å². The second-order valence-corrected chi connectivity index (χ2v) is 3.87. The summed E-state index contributed by atoms with van der Waals surface area (Å²) in [5.41, 5.74) is 5.96. The average molecular weight is 196 g/mol. The Labute approximate surface area is 81.8 Å². The predicted octanol–water partition coefficient (Wildman–Crippen LogP) is 1.09. The van der Waals surface area contributed by atoms with Crippen molar-refractivity contribution in [1.29, 1.82) is 5.26 Å². The average Bonchev–Trinajstić information content (AvgIpc) is 2.47. The van der Waals surface area contributed by atoms with Gasteiger partial charge in [-0.05, 0) is 5.75 Å². The van der Waals surface area contributed by atoms with E-state index in [0.717, 1.165) is 18.1 Å². The zero-order chi connectivity index (χ0) is 9.68. The van der Waals surface area contributed by atoms with Gasteiger partial charge in [-0.1, -0.05) is 6.92 Å². The Morgan fingerprint density at radius 3 is 3.15 bits per heavy atom. The van der Waals surface area contributed by atoms with Crippen LogP contribution in [0.15, 0.2) is 6.33 Å². The molecule has 0 aromatic carbocycles. The standard InChI is InChI=1S/C8H12N4S/c1-2-13-4-3-12-6-11-8(10)7(12)5-9/h6H,2-4,10H2,1H3. The zero-order valence-electron chi connectivity index (χ0n) is 7.53. The van der Waals surface area contributed by atoms with Gasteiger partial charge in [0.1, 0.15) is 6.07 Å². The highest BCUT2D eigenvalue weighted by atomic mass is 32.2. The molecule has 1 aromatic heterocycles. The summed E-state index contributed by atoms with van der Waals surface area (Å²) in [7, 11) is 0. The lowest BCUT2D eigenvalue weighted by Crippen LogP contribution is -2.02. The largest absolute Gasteiger partial charge is 0.381 e. The Kier molecular flexibility index (Phi) is 3.65. The van der Waals surface area contributed by atoms with Crippen LogP contribution in [0, 0.1) is 11.3 Å². The number of thioether (sulfide) groups is 1. The minimum atomic E-state index is 0.323. The van der Waals surface area contributed by atoms with Crippen LogP contribution in [0.2, 0.25) is 0 Å². The molecule has 0 aliphatic heterocycles. The molecule has 0 spiro atoms. The topological polar surface area (TPSA) is 67.6 Å². The highest BCUT2D eigenvalue weighted by molar-refractivity contribution is 7.99. The quantitative estimate of drug-likeness (QED) is 0.732. The number of nitrogens with two attached hydrogens (primary N) is 1. The van der Waals surface area contributed by atoms with E-state index in [9.17, 15) is 0 Å². The molecule has 1 aromatic rings. The van der Waals surface area contributed by atoms with E-state index in [1.54, 1.807) is 10.9 Å². The highest BCUT2D eigenvalue weighted by Gasteiger charge is 2.05. The van der Waals surface area contributed by atoms with Crippen molar-refractivity contribution in [3.63, 3.8) is 0 Å². The van der Waals surface area contributed by atoms with Crippen molar-refractivity contribution in [2.45, 2.75) is 13.5 Å². The van der Waals surface area contributed by atoms with E-state index in [0.29, 0.717) is 11.5 Å². The summed E-state index contributed by atoms with van der Waals surface area (Å²) in [5.74, 6) is 2.40. The molecule has 1 heterocycles. The summed E-state index contributed by atoms with van der Waals surface area (Å²) in [4.78, 5) is 3.88. The van der Waals surface area contributed by atoms with Gasteiger partial charge >= 0.3 is 0 Å². The van der Waals surface area contributed by atoms with Crippen LogP contribution in [0.4, 0.5) is 5.82 Å². The Balaban J connectivity index is 2.62. The van der Waals surface area contributed by atoms with E-state index < -0.39 is 0 Å². The number of aromatic nitrogens is 2. The summed E-state index contributed by atoms with van der Waals surface area (Å²) < 4.78 is 1.79. The number of hydrogen-bond acceptors (Lipinski definition) is 4. The number of nitrogen functional groups attached to an aromatic ring is 1. The number of aryl methyl sites for hydroxylation is 1. The van der Waals surface area contributed by atoms with Gasteiger partial charge in [0.2, 0.25) is 0 Å². The normalized spacial score (nSPS) is 9.85. The number of rotatable bonds is 4. The third kappa shape index (κ3) is 2.39. The maximum Gasteiger partial charge on any atom is 0.164 e. The summed E-state index contributed by atoms with van der Waals surface area (Å²) in [6.45, 7) is 2.91. The Morgan fingerprint density at radius 2 is 2.54 bits per heavy atom. The van der Waals surface area contributed by atoms with E-state index in [4.69, 9.17) is 11.0 Å². The van der Waals surface area contributed by atoms with Gasteiger partial charge in [-0.3, -0.25) is 0 Å². The predicted molar refractivity (Wildman–Crippen MR) is 54.4 cm³/mol. The molecular weight excluding hydrogens is 184 g/mol. The van der Waals surface area contributed by atoms with Gasteiger partial charge < -0.3 is 10.3 Å². The van der Waals surface area contributed by atoms with Crippen molar-refractivity contribution in [1.82, 2.24) is 9.55 Å². The number of hydrogen-bond donors (Lipinski definition) is 1. The van der Waals surface area contributed by atoms with E-state index in [1.807, 2.05) is 17.8 Å². The van der Waals surface area contributed by atoms with Gasteiger partial charge in [0.25, 0.3) is 0 Å². The van der Waals surface area contributed by atoms with Gasteiger partial charge in [0.15, 0.2) is 11.5 Å². The van der Waals surface area contributed by atoms with Crippen LogP contribution in [-0.2, 0) is 6.54 Å². The summed E-state index contributed by atoms with van der Waals surface area (Å²) >= 11 is 1.83. The van der Waals surface area contributed by atoms with E-state index in [1.165, 1.54) is 0 Å². The molecular formula is C8H12N4S. The van der Waals surface area contributed by atoms with Crippen LogP contribution in [0.5, 0.6) is 0 Å². The summed E-state index contributed by atoms with van der Waals surface area (Å²) in [5, 5.41) is 8.75. The highest BCUT2D eigenvalue weighted by Crippen LogP contribution is 2.09. The Morgan fingerprint density at radius 1 is 1.77 bits per heavy atom. The zero-order valence-corrected chi connectivity index (χ0v) is 8.34. The van der Waals surface area contributed by atoms with Crippen molar-refractivity contribution >= 4 is 17.6 Å². The van der Waals surface area contributed by atoms with Crippen LogP contribution in [-0.4, -0.2) is 21.1 Å². The molecule has 0 aliphatic carbocycles. The van der Waals surface area contributed by atoms with Crippen LogP contribution in [0.3, 0.4) is 0 Å². The number of anilines is 1. The van der Waals surface area contributed by atoms with E-state index in [2.05, 4.69) is 11.9 Å². The van der Waals surface area contributed by atoms with Crippen LogP contribution < -0.4 is 5.73 Å². The summed E-state index contributed by atoms with van der Waals surface area (Å²) in [6, 6.07) is 2.04. The maximum atomic E-state index is 8.75. The third-order valence-corrected chi connectivity index (χ3v) is 2.53. The second kappa shape index (κ2) is 4.77. The van der Waals surface area contributed by atoms with Gasteiger partial charge in [-0.2, -0.15) is 17.0 Å². The third-order valence-electron chi connectivity index (χ3n) is 1.65. The first-order valence-electron chi connectivity index (χ1n) is 4.08. The SMILES string of the molecule is CCSCCn1cnc(N)c1C#N. The van der Waals surface area contributed by atoms with Gasteiger partial charge in [0.05, 0.1) is 6.33 Å². The molecule has 13 heavy (non-hydrogen) atoms. The second-order valence-electron chi connectivity index (χ2n) is 2.48. The molecule has 70 valence electrons. The molecule has 0 aliphatic rings. The minimum absolute atomic E-state index is 0.323. The van der Waals surface area contributed by atoms with Crippen LogP contribution in [0.25, 0.3) is 0 Å². The fraction of sp³-hybridized carbons (Fsp3) is 0.500. The summed E-state index contributed by atoms with van der Waals surface area (Å²) in [6.07, 6.45) is 1.62. The molecule has 0 saturated carbocycles. The molecule has 0 fully saturated rings. The molecule has 0 radical (unpaired) electrons.